The summed E-state index contributed by atoms with van der Waals surface area (Å²) < 4.78 is 6.69. The van der Waals surface area contributed by atoms with Crippen molar-refractivity contribution in [3.63, 3.8) is 0 Å². The normalized spacial score (nSPS) is 34.1. The maximum absolute atomic E-state index is 14.0. The molecule has 192 valence electrons. The number of carbonyl (C=O) groups excluding carboxylic acids is 3. The van der Waals surface area contributed by atoms with Crippen LogP contribution in [0.25, 0.3) is 0 Å². The number of hydrogen-bond donors (Lipinski definition) is 3. The Labute approximate surface area is 207 Å². The molecule has 3 aliphatic rings. The molecule has 0 aromatic heterocycles. The highest BCUT2D eigenvalue weighted by Gasteiger charge is 2.80. The second kappa shape index (κ2) is 9.90. The number of nitrogens with zero attached hydrogens (tertiary/aromatic N) is 1. The first-order valence-electron chi connectivity index (χ1n) is 13.0. The van der Waals surface area contributed by atoms with Gasteiger partial charge in [0, 0.05) is 12.2 Å². The summed E-state index contributed by atoms with van der Waals surface area (Å²) >= 11 is 0. The van der Waals surface area contributed by atoms with Gasteiger partial charge in [-0.2, -0.15) is 0 Å². The number of anilines is 1. The third-order valence-corrected chi connectivity index (χ3v) is 8.48. The topological polar surface area (TPSA) is 108 Å². The second-order valence-corrected chi connectivity index (χ2v) is 10.5. The lowest BCUT2D eigenvalue weighted by molar-refractivity contribution is -0.149. The van der Waals surface area contributed by atoms with Gasteiger partial charge in [0.05, 0.1) is 30.1 Å². The Morgan fingerprint density at radius 3 is 2.54 bits per heavy atom. The zero-order valence-electron chi connectivity index (χ0n) is 21.3. The molecular weight excluding hydrogens is 446 g/mol. The molecule has 35 heavy (non-hydrogen) atoms. The quantitative estimate of drug-likeness (QED) is 0.442. The molecule has 1 aromatic rings. The molecule has 1 aromatic carbocycles. The van der Waals surface area contributed by atoms with Crippen LogP contribution >= 0.6 is 0 Å². The lowest BCUT2D eigenvalue weighted by atomic mass is 9.62. The van der Waals surface area contributed by atoms with Crippen molar-refractivity contribution in [3.8, 4) is 0 Å². The molecule has 3 amide bonds. The number of fused-ring (bicyclic) bond motifs is 1. The Hall–Kier alpha value is -2.45. The molecule has 1 spiro atoms. The molecule has 0 saturated carbocycles. The number of likely N-dealkylation sites (tertiary alicyclic amines) is 1. The van der Waals surface area contributed by atoms with Crippen molar-refractivity contribution < 1.29 is 24.2 Å². The summed E-state index contributed by atoms with van der Waals surface area (Å²) in [4.78, 5) is 42.8. The summed E-state index contributed by atoms with van der Waals surface area (Å²) in [6, 6.07) is 7.77. The summed E-state index contributed by atoms with van der Waals surface area (Å²) in [5.74, 6) is -2.35. The maximum Gasteiger partial charge on any atom is 0.245 e. The maximum atomic E-state index is 14.0. The number of amides is 3. The van der Waals surface area contributed by atoms with E-state index in [9.17, 15) is 19.5 Å². The van der Waals surface area contributed by atoms with E-state index in [1.165, 1.54) is 4.90 Å². The van der Waals surface area contributed by atoms with Gasteiger partial charge in [0.2, 0.25) is 17.7 Å². The molecule has 0 radical (unpaired) electrons. The molecule has 3 heterocycles. The van der Waals surface area contributed by atoms with Crippen LogP contribution in [0, 0.1) is 17.8 Å². The van der Waals surface area contributed by atoms with Crippen LogP contribution in [0.5, 0.6) is 0 Å². The van der Waals surface area contributed by atoms with Crippen LogP contribution in [-0.2, 0) is 19.1 Å². The monoisotopic (exact) mass is 485 g/mol. The van der Waals surface area contributed by atoms with Crippen LogP contribution in [0.3, 0.4) is 0 Å². The van der Waals surface area contributed by atoms with Crippen LogP contribution < -0.4 is 10.6 Å². The predicted molar refractivity (Wildman–Crippen MR) is 132 cm³/mol. The summed E-state index contributed by atoms with van der Waals surface area (Å²) in [5.41, 5.74) is -1.31. The van der Waals surface area contributed by atoms with Gasteiger partial charge in [0.1, 0.15) is 11.6 Å². The first-order valence-corrected chi connectivity index (χ1v) is 13.0. The van der Waals surface area contributed by atoms with Crippen molar-refractivity contribution in [1.82, 2.24) is 10.2 Å². The van der Waals surface area contributed by atoms with Gasteiger partial charge in [-0.1, -0.05) is 51.8 Å². The van der Waals surface area contributed by atoms with Crippen LogP contribution in [-0.4, -0.2) is 64.2 Å². The van der Waals surface area contributed by atoms with Crippen LogP contribution in [0.2, 0.25) is 0 Å². The number of ether oxygens (including phenoxy) is 1. The second-order valence-electron chi connectivity index (χ2n) is 10.5. The molecule has 2 bridgehead atoms. The number of nitrogens with one attached hydrogen (secondary N) is 2. The molecule has 4 rings (SSSR count). The fourth-order valence-corrected chi connectivity index (χ4v) is 6.61. The van der Waals surface area contributed by atoms with Gasteiger partial charge in [0.15, 0.2) is 0 Å². The molecule has 0 aliphatic carbocycles. The predicted octanol–water partition coefficient (Wildman–Crippen LogP) is 2.71. The Morgan fingerprint density at radius 1 is 1.20 bits per heavy atom. The minimum absolute atomic E-state index is 0.0254. The number of aliphatic hydroxyl groups excluding tert-OH is 1. The van der Waals surface area contributed by atoms with Gasteiger partial charge < -0.3 is 25.4 Å². The highest BCUT2D eigenvalue weighted by atomic mass is 16.5. The van der Waals surface area contributed by atoms with E-state index >= 15 is 0 Å². The average Bonchev–Trinajstić information content (AvgIpc) is 3.35. The fourth-order valence-electron chi connectivity index (χ4n) is 6.61. The fraction of sp³-hybridized carbons (Fsp3) is 0.667. The first kappa shape index (κ1) is 25.6. The molecule has 8 heteroatoms. The van der Waals surface area contributed by atoms with Crippen LogP contribution in [0.4, 0.5) is 5.69 Å². The summed E-state index contributed by atoms with van der Waals surface area (Å²) in [6.45, 7) is 8.18. The number of hydrogen-bond acceptors (Lipinski definition) is 5. The summed E-state index contributed by atoms with van der Waals surface area (Å²) in [6.07, 6.45) is 3.91. The van der Waals surface area contributed by atoms with E-state index in [4.69, 9.17) is 4.74 Å². The van der Waals surface area contributed by atoms with Crippen molar-refractivity contribution in [1.29, 1.82) is 0 Å². The molecule has 3 aliphatic heterocycles. The van der Waals surface area contributed by atoms with Crippen molar-refractivity contribution in [2.75, 3.05) is 18.5 Å². The number of para-hydroxylation sites is 1. The van der Waals surface area contributed by atoms with Crippen LogP contribution in [0.1, 0.15) is 59.8 Å². The average molecular weight is 486 g/mol. The van der Waals surface area contributed by atoms with Gasteiger partial charge in [-0.25, -0.2) is 0 Å². The van der Waals surface area contributed by atoms with Gasteiger partial charge in [-0.05, 0) is 44.2 Å². The van der Waals surface area contributed by atoms with E-state index in [0.29, 0.717) is 25.1 Å². The van der Waals surface area contributed by atoms with Crippen LogP contribution in [0.15, 0.2) is 30.3 Å². The highest BCUT2D eigenvalue weighted by molar-refractivity contribution is 6.02. The Kier molecular flexibility index (Phi) is 7.25. The SMILES string of the molecule is CCCCCNC(=O)C1N([C@@H](CC)CO)C(=O)[C@@H]2[C@H](C(=O)Nc3ccccc3)[C@@]3(C)OC12CC3C. The van der Waals surface area contributed by atoms with Gasteiger partial charge in [-0.15, -0.1) is 0 Å². The molecule has 7 atom stereocenters. The Bertz CT molecular complexity index is 951. The molecule has 3 unspecified atom stereocenters. The zero-order valence-corrected chi connectivity index (χ0v) is 21.3. The number of rotatable bonds is 10. The Balaban J connectivity index is 1.71. The molecule has 8 nitrogen and oxygen atoms in total. The third kappa shape index (κ3) is 4.04. The standard InChI is InChI=1S/C27H39N3O5/c1-5-7-11-14-28-24(33)22-27-15-17(3)26(4,35-27)20(23(32)29-18-12-9-8-10-13-18)21(27)25(34)30(22)19(6-2)16-31/h8-10,12-13,17,19-22,31H,5-7,11,14-16H2,1-4H3,(H,28,33)(H,29,32)/t17?,19-,20+,21-,22?,26-,27?/m0/s1. The van der Waals surface area contributed by atoms with Gasteiger partial charge >= 0.3 is 0 Å². The smallest absolute Gasteiger partial charge is 0.245 e. The van der Waals surface area contributed by atoms with Crippen molar-refractivity contribution in [2.45, 2.75) is 83.1 Å². The number of aliphatic hydroxyl groups is 1. The van der Waals surface area contributed by atoms with E-state index < -0.39 is 35.1 Å². The van der Waals surface area contributed by atoms with Crippen molar-refractivity contribution in [2.24, 2.45) is 17.8 Å². The van der Waals surface area contributed by atoms with E-state index in [0.717, 1.165) is 19.3 Å². The molecule has 3 fully saturated rings. The van der Waals surface area contributed by atoms with Gasteiger partial charge in [0.25, 0.3) is 0 Å². The number of benzene rings is 1. The lowest BCUT2D eigenvalue weighted by Gasteiger charge is -2.36. The number of unbranched alkanes of at least 4 members (excludes halogenated alkanes) is 2. The largest absolute Gasteiger partial charge is 0.394 e. The summed E-state index contributed by atoms with van der Waals surface area (Å²) in [5, 5.41) is 16.1. The van der Waals surface area contributed by atoms with Crippen molar-refractivity contribution in [3.05, 3.63) is 30.3 Å². The molecule has 3 saturated heterocycles. The molecular formula is C27H39N3O5. The lowest BCUT2D eigenvalue weighted by Crippen LogP contribution is -2.58. The Morgan fingerprint density at radius 2 is 1.91 bits per heavy atom. The van der Waals surface area contributed by atoms with E-state index in [1.54, 1.807) is 0 Å². The third-order valence-electron chi connectivity index (χ3n) is 8.48. The zero-order chi connectivity index (χ0) is 25.4. The van der Waals surface area contributed by atoms with E-state index in [2.05, 4.69) is 17.6 Å². The minimum Gasteiger partial charge on any atom is -0.394 e. The van der Waals surface area contributed by atoms with Gasteiger partial charge in [-0.3, -0.25) is 14.4 Å². The van der Waals surface area contributed by atoms with Crippen molar-refractivity contribution >= 4 is 23.4 Å². The highest BCUT2D eigenvalue weighted by Crippen LogP contribution is 2.65. The minimum atomic E-state index is -1.10. The van der Waals surface area contributed by atoms with E-state index in [1.807, 2.05) is 51.1 Å². The number of carbonyl (C=O) groups is 3. The summed E-state index contributed by atoms with van der Waals surface area (Å²) in [7, 11) is 0. The first-order chi connectivity index (χ1) is 16.7. The molecule has 3 N–H and O–H groups in total. The van der Waals surface area contributed by atoms with E-state index in [-0.39, 0.29) is 30.2 Å².